The molecule has 1 aliphatic rings. The zero-order valence-corrected chi connectivity index (χ0v) is 15.3. The number of piperazine rings is 1. The molecule has 0 aliphatic carbocycles. The highest BCUT2D eigenvalue weighted by atomic mass is 19.1. The summed E-state index contributed by atoms with van der Waals surface area (Å²) in [5, 5.41) is 8.61. The highest BCUT2D eigenvalue weighted by Crippen LogP contribution is 2.29. The first-order valence-corrected chi connectivity index (χ1v) is 9.20. The fraction of sp³-hybridized carbons (Fsp3) is 0.381. The van der Waals surface area contributed by atoms with E-state index in [1.807, 2.05) is 30.3 Å². The average molecular weight is 372 g/mol. The Labute approximate surface area is 159 Å². The summed E-state index contributed by atoms with van der Waals surface area (Å²) in [6.45, 7) is 4.45. The number of rotatable bonds is 8. The van der Waals surface area contributed by atoms with Gasteiger partial charge in [0.25, 0.3) is 0 Å². The molecular formula is C21H25FN2O3. The van der Waals surface area contributed by atoms with E-state index < -0.39 is 5.97 Å². The van der Waals surface area contributed by atoms with Gasteiger partial charge in [0.2, 0.25) is 0 Å². The molecule has 1 unspecified atom stereocenters. The van der Waals surface area contributed by atoms with Gasteiger partial charge in [0.05, 0.1) is 12.6 Å². The summed E-state index contributed by atoms with van der Waals surface area (Å²) < 4.78 is 18.5. The Balaban J connectivity index is 1.63. The van der Waals surface area contributed by atoms with Crippen molar-refractivity contribution in [2.24, 2.45) is 0 Å². The van der Waals surface area contributed by atoms with E-state index in [-0.39, 0.29) is 18.5 Å². The van der Waals surface area contributed by atoms with Crippen LogP contribution in [0.15, 0.2) is 54.6 Å². The molecule has 1 saturated heterocycles. The third kappa shape index (κ3) is 5.60. The maximum absolute atomic E-state index is 13.4. The van der Waals surface area contributed by atoms with Gasteiger partial charge in [-0.2, -0.15) is 0 Å². The highest BCUT2D eigenvalue weighted by molar-refractivity contribution is 5.67. The molecule has 0 aromatic heterocycles. The van der Waals surface area contributed by atoms with Gasteiger partial charge in [-0.15, -0.1) is 0 Å². The maximum Gasteiger partial charge on any atom is 0.329 e. The van der Waals surface area contributed by atoms with Crippen LogP contribution in [0.4, 0.5) is 4.39 Å². The lowest BCUT2D eigenvalue weighted by Crippen LogP contribution is -2.48. The van der Waals surface area contributed by atoms with Crippen molar-refractivity contribution < 1.29 is 19.0 Å². The van der Waals surface area contributed by atoms with E-state index in [2.05, 4.69) is 21.9 Å². The summed E-state index contributed by atoms with van der Waals surface area (Å²) in [4.78, 5) is 15.2. The van der Waals surface area contributed by atoms with Crippen LogP contribution in [0.1, 0.15) is 17.2 Å². The Morgan fingerprint density at radius 3 is 2.26 bits per heavy atom. The molecule has 1 N–H and O–H groups in total. The van der Waals surface area contributed by atoms with Crippen LogP contribution in [0.25, 0.3) is 0 Å². The van der Waals surface area contributed by atoms with Gasteiger partial charge >= 0.3 is 5.97 Å². The molecule has 2 aromatic rings. The second kappa shape index (κ2) is 9.60. The first kappa shape index (κ1) is 19.5. The second-order valence-corrected chi connectivity index (χ2v) is 6.69. The molecular weight excluding hydrogens is 347 g/mol. The average Bonchev–Trinajstić information content (AvgIpc) is 2.69. The molecule has 0 saturated carbocycles. The smallest absolute Gasteiger partial charge is 0.329 e. The summed E-state index contributed by atoms with van der Waals surface area (Å²) in [6, 6.07) is 17.1. The predicted octanol–water partition coefficient (Wildman–Crippen LogP) is 2.63. The lowest BCUT2D eigenvalue weighted by Gasteiger charge is -2.39. The van der Waals surface area contributed by atoms with Crippen LogP contribution in [0.5, 0.6) is 0 Å². The molecule has 2 aromatic carbocycles. The molecule has 5 nitrogen and oxygen atoms in total. The van der Waals surface area contributed by atoms with E-state index in [0.717, 1.165) is 38.3 Å². The van der Waals surface area contributed by atoms with E-state index >= 15 is 0 Å². The summed E-state index contributed by atoms with van der Waals surface area (Å²) in [5.74, 6) is -1.17. The van der Waals surface area contributed by atoms with Gasteiger partial charge < -0.3 is 9.84 Å². The van der Waals surface area contributed by atoms with Crippen molar-refractivity contribution in [1.29, 1.82) is 0 Å². The minimum absolute atomic E-state index is 0.0946. The molecule has 144 valence electrons. The quantitative estimate of drug-likeness (QED) is 0.722. The topological polar surface area (TPSA) is 53.0 Å². The van der Waals surface area contributed by atoms with Crippen molar-refractivity contribution in [2.45, 2.75) is 6.04 Å². The van der Waals surface area contributed by atoms with Crippen molar-refractivity contribution in [3.63, 3.8) is 0 Å². The number of nitrogens with zero attached hydrogens (tertiary/aromatic N) is 2. The number of carbonyl (C=O) groups is 1. The molecule has 0 spiro atoms. The van der Waals surface area contributed by atoms with Gasteiger partial charge in [0.1, 0.15) is 12.4 Å². The number of hydrogen-bond acceptors (Lipinski definition) is 4. The third-order valence-electron chi connectivity index (χ3n) is 4.85. The second-order valence-electron chi connectivity index (χ2n) is 6.69. The zero-order chi connectivity index (χ0) is 19.1. The molecule has 3 rings (SSSR count). The van der Waals surface area contributed by atoms with E-state index in [1.165, 1.54) is 17.7 Å². The molecule has 1 fully saturated rings. The molecule has 1 atom stereocenters. The van der Waals surface area contributed by atoms with Gasteiger partial charge in [-0.1, -0.05) is 42.5 Å². The van der Waals surface area contributed by atoms with Crippen LogP contribution in [0.3, 0.4) is 0 Å². The first-order valence-electron chi connectivity index (χ1n) is 9.20. The number of carboxylic acids is 1. The number of benzene rings is 2. The van der Waals surface area contributed by atoms with E-state index in [1.54, 1.807) is 0 Å². The van der Waals surface area contributed by atoms with E-state index in [0.29, 0.717) is 6.61 Å². The lowest BCUT2D eigenvalue weighted by atomic mass is 9.96. The Kier molecular flexibility index (Phi) is 6.92. The van der Waals surface area contributed by atoms with Crippen LogP contribution in [-0.4, -0.2) is 66.8 Å². The van der Waals surface area contributed by atoms with Gasteiger partial charge in [0.15, 0.2) is 0 Å². The third-order valence-corrected chi connectivity index (χ3v) is 4.85. The molecule has 1 heterocycles. The van der Waals surface area contributed by atoms with Crippen LogP contribution in [-0.2, 0) is 9.53 Å². The number of ether oxygens (including phenoxy) is 1. The van der Waals surface area contributed by atoms with Crippen LogP contribution in [0, 0.1) is 5.82 Å². The molecule has 0 radical (unpaired) electrons. The van der Waals surface area contributed by atoms with Crippen molar-refractivity contribution in [3.05, 3.63) is 71.5 Å². The molecule has 0 bridgehead atoms. The van der Waals surface area contributed by atoms with Gasteiger partial charge in [-0.3, -0.25) is 9.80 Å². The molecule has 0 amide bonds. The normalized spacial score (nSPS) is 16.9. The van der Waals surface area contributed by atoms with Gasteiger partial charge in [-0.05, 0) is 23.3 Å². The maximum atomic E-state index is 13.4. The molecule has 27 heavy (non-hydrogen) atoms. The molecule has 1 aliphatic heterocycles. The Morgan fingerprint density at radius 1 is 1.00 bits per heavy atom. The predicted molar refractivity (Wildman–Crippen MR) is 101 cm³/mol. The van der Waals surface area contributed by atoms with E-state index in [4.69, 9.17) is 9.84 Å². The van der Waals surface area contributed by atoms with Crippen molar-refractivity contribution >= 4 is 5.97 Å². The lowest BCUT2D eigenvalue weighted by molar-refractivity contribution is -0.142. The fourth-order valence-electron chi connectivity index (χ4n) is 3.49. The first-order chi connectivity index (χ1) is 13.1. The standard InChI is InChI=1S/C21H25FN2O3/c22-19-8-6-18(7-9-19)21(17-4-2-1-3-5-17)24-12-10-23(11-13-24)14-15-27-16-20(25)26/h1-9,21H,10-16H2,(H,25,26). The number of carboxylic acid groups (broad SMARTS) is 1. The van der Waals surface area contributed by atoms with E-state index in [9.17, 15) is 9.18 Å². The van der Waals surface area contributed by atoms with Crippen LogP contribution in [0.2, 0.25) is 0 Å². The number of halogens is 1. The fourth-order valence-corrected chi connectivity index (χ4v) is 3.49. The summed E-state index contributed by atoms with van der Waals surface area (Å²) >= 11 is 0. The molecule has 6 heteroatoms. The monoisotopic (exact) mass is 372 g/mol. The minimum Gasteiger partial charge on any atom is -0.480 e. The SMILES string of the molecule is O=C(O)COCCN1CCN(C(c2ccccc2)c2ccc(F)cc2)CC1. The van der Waals surface area contributed by atoms with Crippen LogP contribution < -0.4 is 0 Å². The number of hydrogen-bond donors (Lipinski definition) is 1. The Morgan fingerprint density at radius 2 is 1.63 bits per heavy atom. The van der Waals surface area contributed by atoms with Crippen molar-refractivity contribution in [1.82, 2.24) is 9.80 Å². The van der Waals surface area contributed by atoms with Crippen LogP contribution >= 0.6 is 0 Å². The number of aliphatic carboxylic acids is 1. The largest absolute Gasteiger partial charge is 0.480 e. The highest BCUT2D eigenvalue weighted by Gasteiger charge is 2.26. The summed E-state index contributed by atoms with van der Waals surface area (Å²) in [7, 11) is 0. The summed E-state index contributed by atoms with van der Waals surface area (Å²) in [5.41, 5.74) is 2.28. The van der Waals surface area contributed by atoms with Crippen molar-refractivity contribution in [2.75, 3.05) is 45.9 Å². The Hall–Kier alpha value is -2.28. The summed E-state index contributed by atoms with van der Waals surface area (Å²) in [6.07, 6.45) is 0. The Bertz CT molecular complexity index is 716. The van der Waals surface area contributed by atoms with Gasteiger partial charge in [-0.25, -0.2) is 9.18 Å². The van der Waals surface area contributed by atoms with Gasteiger partial charge in [0, 0.05) is 32.7 Å². The van der Waals surface area contributed by atoms with Crippen molar-refractivity contribution in [3.8, 4) is 0 Å². The minimum atomic E-state index is -0.940. The zero-order valence-electron chi connectivity index (χ0n) is 15.3.